The molecule has 0 saturated carbocycles. The monoisotopic (exact) mass is 450 g/mol. The summed E-state index contributed by atoms with van der Waals surface area (Å²) in [6, 6.07) is 0. The minimum Gasteiger partial charge on any atom is -0.468 e. The van der Waals surface area contributed by atoms with Gasteiger partial charge in [0, 0.05) is 26.4 Å². The highest BCUT2D eigenvalue weighted by molar-refractivity contribution is 6.01. The summed E-state index contributed by atoms with van der Waals surface area (Å²) in [5, 5.41) is 0. The average molecular weight is 450 g/mol. The van der Waals surface area contributed by atoms with Gasteiger partial charge in [0.15, 0.2) is 10.8 Å². The van der Waals surface area contributed by atoms with E-state index in [0.29, 0.717) is 0 Å². The van der Waals surface area contributed by atoms with Crippen molar-refractivity contribution in [3.8, 4) is 23.7 Å². The highest BCUT2D eigenvalue weighted by Crippen LogP contribution is 2.32. The zero-order valence-electron chi connectivity index (χ0n) is 19.4. The molecule has 0 aliphatic heterocycles. The van der Waals surface area contributed by atoms with Crippen molar-refractivity contribution < 1.29 is 42.9 Å². The summed E-state index contributed by atoms with van der Waals surface area (Å²) in [7, 11) is 6.07. The van der Waals surface area contributed by atoms with Crippen molar-refractivity contribution in [1.29, 1.82) is 0 Å². The van der Waals surface area contributed by atoms with Gasteiger partial charge in [-0.25, -0.2) is 0 Å². The molecule has 0 aliphatic rings. The largest absolute Gasteiger partial charge is 0.468 e. The first-order valence-corrected chi connectivity index (χ1v) is 9.59. The van der Waals surface area contributed by atoms with Crippen molar-refractivity contribution in [3.63, 3.8) is 0 Å². The van der Waals surface area contributed by atoms with Crippen LogP contribution in [0.25, 0.3) is 0 Å². The van der Waals surface area contributed by atoms with Gasteiger partial charge in [-0.15, -0.1) is 23.7 Å². The van der Waals surface area contributed by atoms with Gasteiger partial charge in [-0.2, -0.15) is 0 Å². The van der Waals surface area contributed by atoms with Gasteiger partial charge in [0.25, 0.3) is 0 Å². The highest BCUT2D eigenvalue weighted by Gasteiger charge is 2.49. The Bertz CT molecular complexity index is 786. The molecule has 0 atom stereocenters. The van der Waals surface area contributed by atoms with Crippen LogP contribution in [-0.2, 0) is 42.9 Å². The highest BCUT2D eigenvalue weighted by atomic mass is 16.6. The maximum absolute atomic E-state index is 12.5. The smallest absolute Gasteiger partial charge is 0.325 e. The SMILES string of the molecule is CC#CCC(CC#CCC(C/C=C\COC)(C(=O)OC)C(=O)OC)(C(=O)OC)C(=O)OC. The van der Waals surface area contributed by atoms with Crippen molar-refractivity contribution >= 4 is 23.9 Å². The lowest BCUT2D eigenvalue weighted by Gasteiger charge is -2.25. The molecule has 0 fully saturated rings. The van der Waals surface area contributed by atoms with Gasteiger partial charge in [0.2, 0.25) is 0 Å². The minimum absolute atomic E-state index is 0.0508. The summed E-state index contributed by atoms with van der Waals surface area (Å²) in [6.45, 7) is 1.84. The fraction of sp³-hybridized carbons (Fsp3) is 0.565. The summed E-state index contributed by atoms with van der Waals surface area (Å²) < 4.78 is 24.1. The van der Waals surface area contributed by atoms with Gasteiger partial charge in [-0.1, -0.05) is 12.2 Å². The number of allylic oxidation sites excluding steroid dienone is 1. The number of carbonyl (C=O) groups is 4. The molecule has 0 N–H and O–H groups in total. The van der Waals surface area contributed by atoms with Gasteiger partial charge >= 0.3 is 23.9 Å². The Morgan fingerprint density at radius 1 is 0.656 bits per heavy atom. The van der Waals surface area contributed by atoms with Crippen LogP contribution in [0.15, 0.2) is 12.2 Å². The Kier molecular flexibility index (Phi) is 13.1. The van der Waals surface area contributed by atoms with Crippen LogP contribution in [0.2, 0.25) is 0 Å². The second-order valence-corrected chi connectivity index (χ2v) is 6.57. The van der Waals surface area contributed by atoms with Gasteiger partial charge in [0.1, 0.15) is 0 Å². The first kappa shape index (κ1) is 28.7. The molecule has 0 aromatic carbocycles. The third-order valence-electron chi connectivity index (χ3n) is 4.67. The lowest BCUT2D eigenvalue weighted by atomic mass is 9.79. The van der Waals surface area contributed by atoms with Crippen molar-refractivity contribution in [3.05, 3.63) is 12.2 Å². The summed E-state index contributed by atoms with van der Waals surface area (Å²) in [4.78, 5) is 49.9. The summed E-state index contributed by atoms with van der Waals surface area (Å²) in [6.07, 6.45) is 2.43. The molecule has 0 rings (SSSR count). The molecule has 0 aromatic heterocycles. The molecule has 0 radical (unpaired) electrons. The number of hydrogen-bond donors (Lipinski definition) is 0. The Morgan fingerprint density at radius 2 is 1.06 bits per heavy atom. The van der Waals surface area contributed by atoms with Crippen LogP contribution in [0.5, 0.6) is 0 Å². The predicted octanol–water partition coefficient (Wildman–Crippen LogP) is 1.44. The fourth-order valence-corrected chi connectivity index (χ4v) is 2.80. The molecule has 0 aromatic rings. The van der Waals surface area contributed by atoms with E-state index in [9.17, 15) is 19.2 Å². The third kappa shape index (κ3) is 7.14. The van der Waals surface area contributed by atoms with Gasteiger partial charge in [-0.05, 0) is 13.3 Å². The lowest BCUT2D eigenvalue weighted by molar-refractivity contribution is -0.170. The van der Waals surface area contributed by atoms with Crippen LogP contribution in [0.1, 0.15) is 32.6 Å². The molecule has 0 aliphatic carbocycles. The number of ether oxygens (including phenoxy) is 5. The number of rotatable bonds is 11. The Labute approximate surface area is 188 Å². The van der Waals surface area contributed by atoms with Gasteiger partial charge < -0.3 is 23.7 Å². The molecule has 176 valence electrons. The van der Waals surface area contributed by atoms with Crippen molar-refractivity contribution in [2.24, 2.45) is 10.8 Å². The van der Waals surface area contributed by atoms with Crippen LogP contribution < -0.4 is 0 Å². The standard InChI is InChI=1S/C23H30O9/c1-7-8-13-22(18(24)29-3,19(25)30-4)14-9-10-15-23(20(26)31-5,21(27)32-6)16-11-12-17-28-2/h11-12H,13-17H2,1-6H3/b12-11-. The van der Waals surface area contributed by atoms with Crippen LogP contribution in [-0.4, -0.2) is 66.0 Å². The zero-order valence-corrected chi connectivity index (χ0v) is 19.4. The van der Waals surface area contributed by atoms with E-state index in [1.54, 1.807) is 19.1 Å². The second kappa shape index (κ2) is 14.7. The molecule has 0 saturated heterocycles. The maximum atomic E-state index is 12.5. The van der Waals surface area contributed by atoms with Crippen molar-refractivity contribution in [2.75, 3.05) is 42.2 Å². The maximum Gasteiger partial charge on any atom is 0.325 e. The first-order valence-electron chi connectivity index (χ1n) is 9.59. The van der Waals surface area contributed by atoms with Crippen LogP contribution in [0.4, 0.5) is 0 Å². The minimum atomic E-state index is -1.77. The molecule has 0 spiro atoms. The Balaban J connectivity index is 6.11. The van der Waals surface area contributed by atoms with E-state index in [0.717, 1.165) is 28.4 Å². The zero-order chi connectivity index (χ0) is 24.6. The molecule has 32 heavy (non-hydrogen) atoms. The summed E-state index contributed by atoms with van der Waals surface area (Å²) >= 11 is 0. The van der Waals surface area contributed by atoms with E-state index in [-0.39, 0.29) is 32.3 Å². The molecule has 0 heterocycles. The quantitative estimate of drug-likeness (QED) is 0.152. The number of hydrogen-bond acceptors (Lipinski definition) is 9. The van der Waals surface area contributed by atoms with E-state index in [1.165, 1.54) is 7.11 Å². The molecule has 0 amide bonds. The van der Waals surface area contributed by atoms with Gasteiger partial charge in [-0.3, -0.25) is 19.2 Å². The molecule has 0 unspecified atom stereocenters. The van der Waals surface area contributed by atoms with E-state index >= 15 is 0 Å². The predicted molar refractivity (Wildman–Crippen MR) is 114 cm³/mol. The van der Waals surface area contributed by atoms with Crippen LogP contribution in [0.3, 0.4) is 0 Å². The molecule has 9 nitrogen and oxygen atoms in total. The van der Waals surface area contributed by atoms with Crippen molar-refractivity contribution in [2.45, 2.75) is 32.6 Å². The third-order valence-corrected chi connectivity index (χ3v) is 4.67. The topological polar surface area (TPSA) is 114 Å². The van der Waals surface area contributed by atoms with Crippen LogP contribution >= 0.6 is 0 Å². The normalized spacial score (nSPS) is 10.8. The average Bonchev–Trinajstić information content (AvgIpc) is 2.82. The summed E-state index contributed by atoms with van der Waals surface area (Å²) in [5.41, 5.74) is -3.50. The lowest BCUT2D eigenvalue weighted by Crippen LogP contribution is -2.41. The van der Waals surface area contributed by atoms with Crippen LogP contribution in [0, 0.1) is 34.5 Å². The van der Waals surface area contributed by atoms with E-state index < -0.39 is 34.7 Å². The molecular formula is C23H30O9. The Hall–Kier alpha value is -3.30. The molecular weight excluding hydrogens is 420 g/mol. The second-order valence-electron chi connectivity index (χ2n) is 6.57. The molecule has 9 heteroatoms. The fourth-order valence-electron chi connectivity index (χ4n) is 2.80. The number of methoxy groups -OCH3 is 5. The first-order chi connectivity index (χ1) is 15.3. The Morgan fingerprint density at radius 3 is 1.47 bits per heavy atom. The van der Waals surface area contributed by atoms with E-state index in [2.05, 4.69) is 23.7 Å². The molecule has 0 bridgehead atoms. The van der Waals surface area contributed by atoms with E-state index in [4.69, 9.17) is 23.7 Å². The van der Waals surface area contributed by atoms with Crippen molar-refractivity contribution in [1.82, 2.24) is 0 Å². The van der Waals surface area contributed by atoms with Gasteiger partial charge in [0.05, 0.1) is 35.0 Å². The van der Waals surface area contributed by atoms with E-state index in [1.807, 2.05) is 0 Å². The summed E-state index contributed by atoms with van der Waals surface area (Å²) in [5.74, 6) is 7.35. The number of esters is 4. The number of carbonyl (C=O) groups excluding carboxylic acids is 4.